The molecule has 20 heavy (non-hydrogen) atoms. The van der Waals surface area contributed by atoms with E-state index >= 15 is 0 Å². The van der Waals surface area contributed by atoms with Crippen molar-refractivity contribution in [2.45, 2.75) is 31.7 Å². The zero-order valence-corrected chi connectivity index (χ0v) is 13.2. The SMILES string of the molecule is NC1CC2CC(C1)CN(C(=O)Cc1cccc(Br)c1)C2. The Morgan fingerprint density at radius 1 is 1.25 bits per heavy atom. The third kappa shape index (κ3) is 3.23. The number of rotatable bonds is 2. The Labute approximate surface area is 128 Å². The molecule has 3 nitrogen and oxygen atoms in total. The monoisotopic (exact) mass is 336 g/mol. The minimum Gasteiger partial charge on any atom is -0.342 e. The van der Waals surface area contributed by atoms with E-state index in [9.17, 15) is 4.79 Å². The largest absolute Gasteiger partial charge is 0.342 e. The molecule has 1 heterocycles. The second-order valence-corrected chi connectivity index (χ2v) is 7.22. The first kappa shape index (κ1) is 14.1. The van der Waals surface area contributed by atoms with Crippen molar-refractivity contribution in [3.8, 4) is 0 Å². The highest BCUT2D eigenvalue weighted by Gasteiger charge is 2.35. The summed E-state index contributed by atoms with van der Waals surface area (Å²) < 4.78 is 1.03. The quantitative estimate of drug-likeness (QED) is 0.902. The normalized spacial score (nSPS) is 29.3. The molecule has 1 amide bonds. The van der Waals surface area contributed by atoms with Crippen molar-refractivity contribution in [1.82, 2.24) is 4.90 Å². The molecular weight excluding hydrogens is 316 g/mol. The number of halogens is 1. The van der Waals surface area contributed by atoms with Crippen LogP contribution in [0.1, 0.15) is 24.8 Å². The predicted octanol–water partition coefficient (Wildman–Crippen LogP) is 2.58. The Kier molecular flexibility index (Phi) is 4.13. The first-order valence-electron chi connectivity index (χ1n) is 7.38. The summed E-state index contributed by atoms with van der Waals surface area (Å²) in [6.07, 6.45) is 3.92. The fraction of sp³-hybridized carbons (Fsp3) is 0.562. The number of likely N-dealkylation sites (tertiary alicyclic amines) is 1. The molecule has 2 bridgehead atoms. The van der Waals surface area contributed by atoms with Crippen molar-refractivity contribution in [1.29, 1.82) is 0 Å². The van der Waals surface area contributed by atoms with Gasteiger partial charge in [0.2, 0.25) is 5.91 Å². The molecule has 2 aliphatic rings. The van der Waals surface area contributed by atoms with Gasteiger partial charge in [-0.25, -0.2) is 0 Å². The highest BCUT2D eigenvalue weighted by Crippen LogP contribution is 2.34. The van der Waals surface area contributed by atoms with E-state index < -0.39 is 0 Å². The van der Waals surface area contributed by atoms with Crippen molar-refractivity contribution >= 4 is 21.8 Å². The molecule has 2 atom stereocenters. The highest BCUT2D eigenvalue weighted by molar-refractivity contribution is 9.10. The van der Waals surface area contributed by atoms with Crippen molar-refractivity contribution in [3.63, 3.8) is 0 Å². The zero-order chi connectivity index (χ0) is 14.1. The summed E-state index contributed by atoms with van der Waals surface area (Å²) in [5.41, 5.74) is 7.16. The molecule has 1 aliphatic heterocycles. The smallest absolute Gasteiger partial charge is 0.227 e. The van der Waals surface area contributed by atoms with Gasteiger partial charge in [-0.05, 0) is 48.8 Å². The third-order valence-electron chi connectivity index (χ3n) is 4.49. The Bertz CT molecular complexity index is 487. The summed E-state index contributed by atoms with van der Waals surface area (Å²) >= 11 is 3.46. The molecule has 0 aromatic heterocycles. The number of carbonyl (C=O) groups excluding carboxylic acids is 1. The molecule has 1 aromatic rings. The minimum atomic E-state index is 0.258. The second-order valence-electron chi connectivity index (χ2n) is 6.30. The topological polar surface area (TPSA) is 46.3 Å². The molecule has 1 saturated carbocycles. The number of carbonyl (C=O) groups is 1. The van der Waals surface area contributed by atoms with Gasteiger partial charge >= 0.3 is 0 Å². The van der Waals surface area contributed by atoms with Crippen LogP contribution in [0.2, 0.25) is 0 Å². The van der Waals surface area contributed by atoms with E-state index in [1.165, 1.54) is 6.42 Å². The van der Waals surface area contributed by atoms with Crippen LogP contribution in [0.25, 0.3) is 0 Å². The second kappa shape index (κ2) is 5.86. The number of amides is 1. The summed E-state index contributed by atoms with van der Waals surface area (Å²) in [4.78, 5) is 14.5. The molecule has 2 unspecified atom stereocenters. The molecule has 108 valence electrons. The number of fused-ring (bicyclic) bond motifs is 2. The first-order valence-corrected chi connectivity index (χ1v) is 8.17. The molecule has 1 aromatic carbocycles. The van der Waals surface area contributed by atoms with Crippen LogP contribution in [0.3, 0.4) is 0 Å². The van der Waals surface area contributed by atoms with Crippen molar-refractivity contribution in [3.05, 3.63) is 34.3 Å². The van der Waals surface area contributed by atoms with E-state index in [-0.39, 0.29) is 5.91 Å². The fourth-order valence-corrected chi connectivity index (χ4v) is 4.20. The lowest BCUT2D eigenvalue weighted by Gasteiger charge is -2.43. The Morgan fingerprint density at radius 2 is 1.95 bits per heavy atom. The number of hydrogen-bond donors (Lipinski definition) is 1. The van der Waals surface area contributed by atoms with Gasteiger partial charge in [0.25, 0.3) is 0 Å². The summed E-state index contributed by atoms with van der Waals surface area (Å²) in [7, 11) is 0. The number of hydrogen-bond acceptors (Lipinski definition) is 2. The maximum atomic E-state index is 12.5. The van der Waals surface area contributed by atoms with Gasteiger partial charge in [0.05, 0.1) is 6.42 Å². The van der Waals surface area contributed by atoms with Gasteiger partial charge < -0.3 is 10.6 Å². The Morgan fingerprint density at radius 3 is 2.60 bits per heavy atom. The van der Waals surface area contributed by atoms with E-state index in [1.807, 2.05) is 24.3 Å². The zero-order valence-electron chi connectivity index (χ0n) is 11.6. The average molecular weight is 337 g/mol. The summed E-state index contributed by atoms with van der Waals surface area (Å²) in [5.74, 6) is 1.49. The molecule has 1 saturated heterocycles. The molecule has 2 N–H and O–H groups in total. The van der Waals surface area contributed by atoms with Crippen molar-refractivity contribution < 1.29 is 4.79 Å². The maximum absolute atomic E-state index is 12.5. The van der Waals surface area contributed by atoms with Gasteiger partial charge in [-0.2, -0.15) is 0 Å². The highest BCUT2D eigenvalue weighted by atomic mass is 79.9. The van der Waals surface area contributed by atoms with E-state index in [2.05, 4.69) is 20.8 Å². The molecule has 2 fully saturated rings. The molecule has 0 radical (unpaired) electrons. The number of piperidine rings is 1. The molecule has 1 aliphatic carbocycles. The number of nitrogens with two attached hydrogens (primary N) is 1. The maximum Gasteiger partial charge on any atom is 0.227 e. The lowest BCUT2D eigenvalue weighted by Crippen LogP contribution is -2.50. The van der Waals surface area contributed by atoms with Crippen LogP contribution in [0.4, 0.5) is 0 Å². The van der Waals surface area contributed by atoms with Crippen LogP contribution in [0.15, 0.2) is 28.7 Å². The summed E-state index contributed by atoms with van der Waals surface area (Å²) in [6, 6.07) is 8.36. The van der Waals surface area contributed by atoms with Crippen LogP contribution >= 0.6 is 15.9 Å². The Hall–Kier alpha value is -0.870. The summed E-state index contributed by atoms with van der Waals surface area (Å²) in [6.45, 7) is 1.80. The standard InChI is InChI=1S/C16H21BrN2O/c17-14-3-1-2-11(5-14)8-16(20)19-9-12-4-13(10-19)7-15(18)6-12/h1-3,5,12-13,15H,4,6-10,18H2. The van der Waals surface area contributed by atoms with Gasteiger partial charge in [-0.3, -0.25) is 4.79 Å². The third-order valence-corrected chi connectivity index (χ3v) is 4.99. The Balaban J connectivity index is 1.63. The van der Waals surface area contributed by atoms with Gasteiger partial charge in [-0.1, -0.05) is 28.1 Å². The average Bonchev–Trinajstić information content (AvgIpc) is 2.37. The molecule has 4 heteroatoms. The van der Waals surface area contributed by atoms with Gasteiger partial charge in [-0.15, -0.1) is 0 Å². The fourth-order valence-electron chi connectivity index (χ4n) is 3.75. The van der Waals surface area contributed by atoms with E-state index in [0.717, 1.165) is 36.0 Å². The van der Waals surface area contributed by atoms with Crippen LogP contribution in [-0.2, 0) is 11.2 Å². The summed E-state index contributed by atoms with van der Waals surface area (Å²) in [5, 5.41) is 0. The van der Waals surface area contributed by atoms with Crippen LogP contribution in [0.5, 0.6) is 0 Å². The first-order chi connectivity index (χ1) is 9.60. The van der Waals surface area contributed by atoms with E-state index in [0.29, 0.717) is 24.3 Å². The molecule has 0 spiro atoms. The van der Waals surface area contributed by atoms with E-state index in [4.69, 9.17) is 5.73 Å². The number of nitrogens with zero attached hydrogens (tertiary/aromatic N) is 1. The van der Waals surface area contributed by atoms with Gasteiger partial charge in [0.1, 0.15) is 0 Å². The molecule has 3 rings (SSSR count). The van der Waals surface area contributed by atoms with Crippen molar-refractivity contribution in [2.24, 2.45) is 17.6 Å². The van der Waals surface area contributed by atoms with Gasteiger partial charge in [0.15, 0.2) is 0 Å². The predicted molar refractivity (Wildman–Crippen MR) is 83.2 cm³/mol. The van der Waals surface area contributed by atoms with Crippen molar-refractivity contribution in [2.75, 3.05) is 13.1 Å². The lowest BCUT2D eigenvalue weighted by molar-refractivity contribution is -0.134. The minimum absolute atomic E-state index is 0.258. The van der Waals surface area contributed by atoms with Gasteiger partial charge in [0, 0.05) is 23.6 Å². The number of benzene rings is 1. The van der Waals surface area contributed by atoms with E-state index in [1.54, 1.807) is 0 Å². The van der Waals surface area contributed by atoms with Crippen LogP contribution in [-0.4, -0.2) is 29.9 Å². The molecular formula is C16H21BrN2O. The van der Waals surface area contributed by atoms with Crippen LogP contribution in [0, 0.1) is 11.8 Å². The lowest BCUT2D eigenvalue weighted by atomic mass is 9.75. The van der Waals surface area contributed by atoms with Crippen LogP contribution < -0.4 is 5.73 Å².